The molecular formula is C45H52N8O8. The number of ether oxygens (including phenoxy) is 4. The number of aliphatic hydroxyl groups excluding tert-OH is 1. The summed E-state index contributed by atoms with van der Waals surface area (Å²) in [5.74, 6) is -1.38. The Morgan fingerprint density at radius 2 is 1.41 bits per heavy atom. The lowest BCUT2D eigenvalue weighted by Gasteiger charge is -2.39. The van der Waals surface area contributed by atoms with Crippen LogP contribution < -0.4 is 5.32 Å². The van der Waals surface area contributed by atoms with E-state index in [1.54, 1.807) is 55.4 Å². The Hall–Kier alpha value is -6.48. The number of amides is 2. The summed E-state index contributed by atoms with van der Waals surface area (Å²) >= 11 is 0. The Morgan fingerprint density at radius 3 is 1.90 bits per heavy atom. The average molecular weight is 833 g/mol. The molecule has 3 N–H and O–H groups in total. The van der Waals surface area contributed by atoms with Crippen molar-refractivity contribution in [1.82, 2.24) is 25.2 Å². The molecule has 0 saturated carbocycles. The van der Waals surface area contributed by atoms with Gasteiger partial charge in [-0.1, -0.05) is 105 Å². The van der Waals surface area contributed by atoms with Gasteiger partial charge in [0.1, 0.15) is 35.3 Å². The number of azide groups is 1. The maximum Gasteiger partial charge on any atom is 0.411 e. The molecule has 1 unspecified atom stereocenters. The molecule has 5 atom stereocenters. The summed E-state index contributed by atoms with van der Waals surface area (Å²) < 4.78 is 25.0. The largest absolute Gasteiger partial charge is 0.456 e. The number of esters is 1. The van der Waals surface area contributed by atoms with Crippen molar-refractivity contribution in [1.29, 1.82) is 0 Å². The van der Waals surface area contributed by atoms with Crippen LogP contribution in [-0.4, -0.2) is 85.2 Å². The van der Waals surface area contributed by atoms with Crippen molar-refractivity contribution in [3.05, 3.63) is 136 Å². The van der Waals surface area contributed by atoms with Crippen molar-refractivity contribution in [2.75, 3.05) is 6.61 Å². The quantitative estimate of drug-likeness (QED) is 0.0273. The van der Waals surface area contributed by atoms with Crippen molar-refractivity contribution in [3.63, 3.8) is 0 Å². The van der Waals surface area contributed by atoms with Crippen LogP contribution in [0.2, 0.25) is 0 Å². The molecule has 16 heteroatoms. The first-order valence-corrected chi connectivity index (χ1v) is 20.0. The van der Waals surface area contributed by atoms with E-state index in [1.807, 2.05) is 91.0 Å². The minimum absolute atomic E-state index is 0.00993. The van der Waals surface area contributed by atoms with E-state index in [0.717, 1.165) is 16.7 Å². The van der Waals surface area contributed by atoms with Gasteiger partial charge in [-0.2, -0.15) is 0 Å². The van der Waals surface area contributed by atoms with Crippen LogP contribution in [0.25, 0.3) is 21.5 Å². The number of aromatic nitrogens is 3. The highest BCUT2D eigenvalue weighted by molar-refractivity contribution is 5.88. The van der Waals surface area contributed by atoms with E-state index in [-0.39, 0.29) is 23.5 Å². The number of fused-ring (bicyclic) bond motifs is 1. The number of aromatic amines is 1. The first kappa shape index (κ1) is 44.1. The zero-order valence-electron chi connectivity index (χ0n) is 35.5. The fourth-order valence-electron chi connectivity index (χ4n) is 7.57. The van der Waals surface area contributed by atoms with E-state index in [0.29, 0.717) is 5.56 Å². The monoisotopic (exact) mass is 832 g/mol. The molecule has 1 aliphatic heterocycles. The summed E-state index contributed by atoms with van der Waals surface area (Å²) in [5.41, 5.74) is 9.17. The van der Waals surface area contributed by atoms with Gasteiger partial charge < -0.3 is 34.4 Å². The van der Waals surface area contributed by atoms with Gasteiger partial charge in [0.05, 0.1) is 29.7 Å². The van der Waals surface area contributed by atoms with Crippen LogP contribution in [0.15, 0.2) is 109 Å². The number of hydrogen-bond donors (Lipinski definition) is 3. The normalized spacial score (nSPS) is 18.6. The number of carbonyl (C=O) groups excluding carboxylic acids is 3. The lowest BCUT2D eigenvalue weighted by Crippen LogP contribution is -2.52. The Labute approximate surface area is 354 Å². The van der Waals surface area contributed by atoms with Crippen LogP contribution >= 0.6 is 0 Å². The van der Waals surface area contributed by atoms with Crippen LogP contribution in [0.5, 0.6) is 0 Å². The van der Waals surface area contributed by atoms with E-state index >= 15 is 0 Å². The van der Waals surface area contributed by atoms with E-state index in [9.17, 15) is 25.0 Å². The molecule has 61 heavy (non-hydrogen) atoms. The van der Waals surface area contributed by atoms with Crippen molar-refractivity contribution in [3.8, 4) is 0 Å². The smallest absolute Gasteiger partial charge is 0.411 e. The summed E-state index contributed by atoms with van der Waals surface area (Å²) in [6.45, 7) is 13.4. The van der Waals surface area contributed by atoms with Gasteiger partial charge in [0.15, 0.2) is 11.9 Å². The third-order valence-electron chi connectivity index (χ3n) is 10.1. The van der Waals surface area contributed by atoms with Crippen LogP contribution in [0.3, 0.4) is 0 Å². The maximum atomic E-state index is 14.7. The van der Waals surface area contributed by atoms with Crippen molar-refractivity contribution >= 4 is 35.0 Å². The Morgan fingerprint density at radius 1 is 0.869 bits per heavy atom. The molecule has 3 heterocycles. The van der Waals surface area contributed by atoms with E-state index < -0.39 is 71.2 Å². The van der Waals surface area contributed by atoms with E-state index in [2.05, 4.69) is 30.3 Å². The van der Waals surface area contributed by atoms with E-state index in [4.69, 9.17) is 18.9 Å². The van der Waals surface area contributed by atoms with Gasteiger partial charge in [0, 0.05) is 16.7 Å². The summed E-state index contributed by atoms with van der Waals surface area (Å²) in [6, 6.07) is 25.0. The Kier molecular flexibility index (Phi) is 13.0. The fourth-order valence-corrected chi connectivity index (χ4v) is 7.57. The summed E-state index contributed by atoms with van der Waals surface area (Å²) in [7, 11) is 0. The van der Waals surface area contributed by atoms with Crippen molar-refractivity contribution in [2.45, 2.75) is 103 Å². The number of aliphatic hydroxyl groups is 1. The van der Waals surface area contributed by atoms with Crippen molar-refractivity contribution < 1.29 is 38.4 Å². The third-order valence-corrected chi connectivity index (χ3v) is 10.1. The molecular weight excluding hydrogens is 781 g/mol. The first-order valence-electron chi connectivity index (χ1n) is 20.0. The number of rotatable bonds is 12. The molecule has 0 radical (unpaired) electrons. The summed E-state index contributed by atoms with van der Waals surface area (Å²) in [5, 5.41) is 18.9. The molecule has 1 saturated heterocycles. The SMILES string of the molecule is CC(C)C(NC(=O)OC(C)(C)C)C(=O)O[C@H]1[C@@H](O)[C@H](c2c[nH]c3c(N=[N+]=[N-])ncnc23)N(C(=O)OC(C)(C)C)[C@@H]1COC(c1ccccc1)(c1ccccc1)c1ccccc1. The molecule has 2 aromatic heterocycles. The number of likely N-dealkylation sites (tertiary alicyclic amines) is 1. The van der Waals surface area contributed by atoms with Crippen molar-refractivity contribution in [2.24, 2.45) is 11.0 Å². The number of benzene rings is 3. The Bertz CT molecular complexity index is 2260. The predicted molar refractivity (Wildman–Crippen MR) is 226 cm³/mol. The second kappa shape index (κ2) is 18.0. The lowest BCUT2D eigenvalue weighted by molar-refractivity contribution is -0.160. The highest BCUT2D eigenvalue weighted by atomic mass is 16.6. The predicted octanol–water partition coefficient (Wildman–Crippen LogP) is 8.39. The number of H-pyrrole nitrogens is 1. The van der Waals surface area contributed by atoms with Gasteiger partial charge in [-0.3, -0.25) is 4.90 Å². The number of hydrogen-bond acceptors (Lipinski definition) is 11. The number of nitrogens with zero attached hydrogens (tertiary/aromatic N) is 6. The molecule has 320 valence electrons. The van der Waals surface area contributed by atoms with Gasteiger partial charge in [-0.05, 0) is 74.8 Å². The number of nitrogens with one attached hydrogen (secondary N) is 2. The van der Waals surface area contributed by atoms with Gasteiger partial charge >= 0.3 is 18.2 Å². The molecule has 0 spiro atoms. The van der Waals surface area contributed by atoms with Crippen LogP contribution in [0.4, 0.5) is 15.4 Å². The number of alkyl carbamates (subject to hydrolysis) is 1. The Balaban J connectivity index is 1.53. The maximum absolute atomic E-state index is 14.7. The highest BCUT2D eigenvalue weighted by Crippen LogP contribution is 2.45. The second-order valence-corrected chi connectivity index (χ2v) is 17.1. The zero-order valence-corrected chi connectivity index (χ0v) is 35.5. The lowest BCUT2D eigenvalue weighted by atomic mass is 9.80. The zero-order chi connectivity index (χ0) is 44.1. The molecule has 0 aliphatic carbocycles. The average Bonchev–Trinajstić information content (AvgIpc) is 3.75. The molecule has 0 bridgehead atoms. The summed E-state index contributed by atoms with van der Waals surface area (Å²) in [6.07, 6.45) is -2.07. The van der Waals surface area contributed by atoms with Crippen LogP contribution in [-0.2, 0) is 29.3 Å². The third kappa shape index (κ3) is 9.62. The molecule has 5 aromatic rings. The van der Waals surface area contributed by atoms with Crippen LogP contribution in [0, 0.1) is 5.92 Å². The standard InChI is InChI=1S/C45H52N8O8/c1-27(2)33(50-41(56)60-43(3,4)5)40(55)59-38-32(25-58-45(28-18-12-9-13-19-28,29-20-14-10-15-21-29)30-22-16-11-17-23-30)53(42(57)61-44(6,7)8)36(37(38)54)31-24-47-35-34(31)48-26-49-39(35)51-52-46/h9-24,26-27,32-33,36-38,47,54H,25H2,1-8H3,(H,50,56)/t32-,33?,36+,37+,38-/m1/s1. The molecule has 1 fully saturated rings. The second-order valence-electron chi connectivity index (χ2n) is 17.1. The fraction of sp³-hybridized carbons (Fsp3) is 0.400. The van der Waals surface area contributed by atoms with Gasteiger partial charge in [0.25, 0.3) is 0 Å². The van der Waals surface area contributed by atoms with Crippen LogP contribution in [0.1, 0.15) is 83.7 Å². The first-order chi connectivity index (χ1) is 28.9. The van der Waals surface area contributed by atoms with Gasteiger partial charge in [0.2, 0.25) is 0 Å². The highest BCUT2D eigenvalue weighted by Gasteiger charge is 2.56. The summed E-state index contributed by atoms with van der Waals surface area (Å²) in [4.78, 5) is 57.9. The van der Waals surface area contributed by atoms with Gasteiger partial charge in [-0.15, -0.1) is 0 Å². The molecule has 3 aromatic carbocycles. The molecule has 16 nitrogen and oxygen atoms in total. The minimum Gasteiger partial charge on any atom is -0.456 e. The van der Waals surface area contributed by atoms with E-state index in [1.165, 1.54) is 17.4 Å². The topological polar surface area (TPSA) is 214 Å². The molecule has 2 amide bonds. The molecule has 1 aliphatic rings. The number of carbonyl (C=O) groups is 3. The minimum atomic E-state index is -1.63. The van der Waals surface area contributed by atoms with Gasteiger partial charge in [-0.25, -0.2) is 24.4 Å². The molecule has 6 rings (SSSR count).